The largest absolute Gasteiger partial charge is 0.292 e. The summed E-state index contributed by atoms with van der Waals surface area (Å²) in [4.78, 5) is 23.5. The van der Waals surface area contributed by atoms with Crippen LogP contribution in [-0.2, 0) is 9.59 Å². The van der Waals surface area contributed by atoms with Gasteiger partial charge in [0.1, 0.15) is 0 Å². The van der Waals surface area contributed by atoms with Gasteiger partial charge in [0.2, 0.25) is 5.91 Å². The van der Waals surface area contributed by atoms with Crippen LogP contribution in [0.2, 0.25) is 0 Å². The Morgan fingerprint density at radius 1 is 1.25 bits per heavy atom. The molecular weight excluding hydrogens is 222 g/mol. The van der Waals surface area contributed by atoms with Crippen molar-refractivity contribution >= 4 is 29.7 Å². The molecule has 82 valence electrons. The van der Waals surface area contributed by atoms with Gasteiger partial charge < -0.3 is 0 Å². The van der Waals surface area contributed by atoms with E-state index in [0.717, 1.165) is 5.56 Å². The van der Waals surface area contributed by atoms with E-state index in [9.17, 15) is 9.59 Å². The molecule has 0 atom stereocenters. The number of nitrogens with one attached hydrogen (secondary N) is 1. The molecule has 0 spiro atoms. The van der Waals surface area contributed by atoms with Gasteiger partial charge in [-0.05, 0) is 30.0 Å². The maximum absolute atomic E-state index is 11.3. The van der Waals surface area contributed by atoms with E-state index < -0.39 is 0 Å². The molecule has 2 rings (SSSR count). The lowest BCUT2D eigenvalue weighted by atomic mass is 10.1. The fraction of sp³-hybridized carbons (Fsp3) is 0.167. The monoisotopic (exact) mass is 233 g/mol. The van der Waals surface area contributed by atoms with Gasteiger partial charge in [0.15, 0.2) is 0 Å². The fourth-order valence-corrected chi connectivity index (χ4v) is 1.93. The van der Waals surface area contributed by atoms with Crippen molar-refractivity contribution in [2.24, 2.45) is 0 Å². The molecule has 2 amide bonds. The second kappa shape index (κ2) is 4.53. The first-order chi connectivity index (χ1) is 7.69. The summed E-state index contributed by atoms with van der Waals surface area (Å²) in [5.41, 5.74) is 1.47. The summed E-state index contributed by atoms with van der Waals surface area (Å²) < 4.78 is 0. The van der Waals surface area contributed by atoms with Crippen LogP contribution in [0, 0.1) is 0 Å². The van der Waals surface area contributed by atoms with Crippen molar-refractivity contribution in [3.63, 3.8) is 0 Å². The number of benzene rings is 1. The summed E-state index contributed by atoms with van der Waals surface area (Å²) in [5.74, 6) is -0.504. The van der Waals surface area contributed by atoms with E-state index in [1.807, 2.05) is 30.5 Å². The Balaban J connectivity index is 2.22. The third-order valence-corrected chi connectivity index (χ3v) is 3.10. The van der Waals surface area contributed by atoms with Gasteiger partial charge >= 0.3 is 0 Å². The van der Waals surface area contributed by atoms with Crippen molar-refractivity contribution in [2.75, 3.05) is 6.26 Å². The molecule has 0 bridgehead atoms. The number of amides is 2. The number of thioether (sulfide) groups is 1. The van der Waals surface area contributed by atoms with Crippen molar-refractivity contribution in [1.82, 2.24) is 5.32 Å². The first kappa shape index (κ1) is 11.0. The van der Waals surface area contributed by atoms with Crippen LogP contribution in [0.5, 0.6) is 0 Å². The molecular formula is C12H11NO2S. The quantitative estimate of drug-likeness (QED) is 0.481. The molecule has 0 aromatic heterocycles. The number of carbonyl (C=O) groups excluding carboxylic acids is 2. The molecule has 1 N–H and O–H groups in total. The smallest absolute Gasteiger partial charge is 0.254 e. The van der Waals surface area contributed by atoms with Crippen LogP contribution in [0.1, 0.15) is 12.0 Å². The second-order valence-corrected chi connectivity index (χ2v) is 4.38. The van der Waals surface area contributed by atoms with Crippen molar-refractivity contribution < 1.29 is 9.59 Å². The molecule has 16 heavy (non-hydrogen) atoms. The number of hydrogen-bond acceptors (Lipinski definition) is 3. The Kier molecular flexibility index (Phi) is 3.10. The molecule has 1 aromatic rings. The van der Waals surface area contributed by atoms with Gasteiger partial charge in [-0.25, -0.2) is 0 Å². The zero-order valence-corrected chi connectivity index (χ0v) is 9.64. The molecule has 1 aliphatic heterocycles. The molecule has 3 nitrogen and oxygen atoms in total. The minimum atomic E-state index is -0.279. The SMILES string of the molecule is CSc1ccc(C=C2CC(=O)NC2=O)cc1. The van der Waals surface area contributed by atoms with Gasteiger partial charge in [0.25, 0.3) is 5.91 Å². The number of carbonyl (C=O) groups is 2. The molecule has 0 unspecified atom stereocenters. The highest BCUT2D eigenvalue weighted by Crippen LogP contribution is 2.18. The summed E-state index contributed by atoms with van der Waals surface area (Å²) in [5, 5.41) is 2.26. The van der Waals surface area contributed by atoms with Crippen LogP contribution in [0.4, 0.5) is 0 Å². The average molecular weight is 233 g/mol. The van der Waals surface area contributed by atoms with Gasteiger partial charge in [0, 0.05) is 10.5 Å². The Morgan fingerprint density at radius 3 is 2.44 bits per heavy atom. The minimum absolute atomic E-state index is 0.184. The van der Waals surface area contributed by atoms with Gasteiger partial charge in [0.05, 0.1) is 6.42 Å². The fourth-order valence-electron chi connectivity index (χ4n) is 1.52. The first-order valence-corrected chi connectivity index (χ1v) is 6.10. The van der Waals surface area contributed by atoms with Crippen LogP contribution < -0.4 is 5.32 Å². The lowest BCUT2D eigenvalue weighted by Gasteiger charge is -1.98. The topological polar surface area (TPSA) is 46.2 Å². The van der Waals surface area contributed by atoms with Crippen LogP contribution in [0.25, 0.3) is 6.08 Å². The van der Waals surface area contributed by atoms with Crippen molar-refractivity contribution in [3.8, 4) is 0 Å². The van der Waals surface area contributed by atoms with E-state index >= 15 is 0 Å². The summed E-state index contributed by atoms with van der Waals surface area (Å²) in [6.45, 7) is 0. The van der Waals surface area contributed by atoms with Crippen molar-refractivity contribution in [2.45, 2.75) is 11.3 Å². The highest BCUT2D eigenvalue weighted by Gasteiger charge is 2.23. The molecule has 1 aliphatic rings. The molecule has 0 radical (unpaired) electrons. The first-order valence-electron chi connectivity index (χ1n) is 4.88. The summed E-state index contributed by atoms with van der Waals surface area (Å²) in [6.07, 6.45) is 3.95. The molecule has 1 heterocycles. The maximum Gasteiger partial charge on any atom is 0.254 e. The highest BCUT2D eigenvalue weighted by molar-refractivity contribution is 7.98. The molecule has 1 fully saturated rings. The Labute approximate surface area is 97.9 Å². The van der Waals surface area contributed by atoms with Gasteiger partial charge in [-0.15, -0.1) is 11.8 Å². The summed E-state index contributed by atoms with van der Waals surface area (Å²) in [7, 11) is 0. The summed E-state index contributed by atoms with van der Waals surface area (Å²) in [6, 6.07) is 7.86. The zero-order valence-electron chi connectivity index (χ0n) is 8.82. The average Bonchev–Trinajstić information content (AvgIpc) is 2.59. The standard InChI is InChI=1S/C12H11NO2S/c1-16-10-4-2-8(3-5-10)6-9-7-11(14)13-12(9)15/h2-6H,7H2,1H3,(H,13,14,15). The molecule has 0 saturated carbocycles. The summed E-state index contributed by atoms with van der Waals surface area (Å²) >= 11 is 1.67. The third kappa shape index (κ3) is 2.33. The third-order valence-electron chi connectivity index (χ3n) is 2.35. The van der Waals surface area contributed by atoms with E-state index in [-0.39, 0.29) is 18.2 Å². The second-order valence-electron chi connectivity index (χ2n) is 3.50. The van der Waals surface area contributed by atoms with Crippen LogP contribution in [0.15, 0.2) is 34.7 Å². The normalized spacial score (nSPS) is 17.9. The highest BCUT2D eigenvalue weighted by atomic mass is 32.2. The Hall–Kier alpha value is -1.55. The Bertz CT molecular complexity index is 462. The Morgan fingerprint density at radius 2 is 1.94 bits per heavy atom. The van der Waals surface area contributed by atoms with Crippen LogP contribution in [0.3, 0.4) is 0 Å². The van der Waals surface area contributed by atoms with Gasteiger partial charge in [-0.3, -0.25) is 14.9 Å². The van der Waals surface area contributed by atoms with E-state index in [1.165, 1.54) is 4.90 Å². The molecule has 4 heteroatoms. The van der Waals surface area contributed by atoms with Crippen molar-refractivity contribution in [3.05, 3.63) is 35.4 Å². The van der Waals surface area contributed by atoms with E-state index in [2.05, 4.69) is 5.32 Å². The number of rotatable bonds is 2. The lowest BCUT2D eigenvalue weighted by molar-refractivity contribution is -0.124. The maximum atomic E-state index is 11.3. The van der Waals surface area contributed by atoms with Crippen molar-refractivity contribution in [1.29, 1.82) is 0 Å². The minimum Gasteiger partial charge on any atom is -0.292 e. The van der Waals surface area contributed by atoms with E-state index in [4.69, 9.17) is 0 Å². The number of hydrogen-bond donors (Lipinski definition) is 1. The molecule has 1 saturated heterocycles. The van der Waals surface area contributed by atoms with E-state index in [1.54, 1.807) is 17.8 Å². The zero-order chi connectivity index (χ0) is 11.5. The van der Waals surface area contributed by atoms with Gasteiger partial charge in [-0.2, -0.15) is 0 Å². The predicted molar refractivity (Wildman–Crippen MR) is 64.0 cm³/mol. The van der Waals surface area contributed by atoms with Gasteiger partial charge in [-0.1, -0.05) is 12.1 Å². The molecule has 0 aliphatic carbocycles. The lowest BCUT2D eigenvalue weighted by Crippen LogP contribution is -2.19. The van der Waals surface area contributed by atoms with Crippen LogP contribution in [-0.4, -0.2) is 18.1 Å². The number of imide groups is 1. The molecule has 1 aromatic carbocycles. The van der Waals surface area contributed by atoms with E-state index in [0.29, 0.717) is 5.57 Å². The predicted octanol–water partition coefficient (Wildman–Crippen LogP) is 1.84. The van der Waals surface area contributed by atoms with Crippen LogP contribution >= 0.6 is 11.8 Å².